The topological polar surface area (TPSA) is 66.6 Å². The largest absolute Gasteiger partial charge is 0.395 e. The molecule has 18 heavy (non-hydrogen) atoms. The zero-order valence-corrected chi connectivity index (χ0v) is 12.5. The smallest absolute Gasteiger partial charge is 0.232 e. The van der Waals surface area contributed by atoms with Gasteiger partial charge in [-0.05, 0) is 18.3 Å². The lowest BCUT2D eigenvalue weighted by Gasteiger charge is -2.33. The number of nitrogens with two attached hydrogens (primary N) is 1. The molecule has 3 N–H and O–H groups in total. The maximum Gasteiger partial charge on any atom is 0.232 e. The number of aliphatic hydroxyl groups excluding tert-OH is 1. The second-order valence-corrected chi connectivity index (χ2v) is 7.24. The molecule has 5 heteroatoms. The van der Waals surface area contributed by atoms with Gasteiger partial charge in [-0.15, -0.1) is 11.8 Å². The molecular weight excluding hydrogens is 248 g/mol. The third-order valence-electron chi connectivity index (χ3n) is 3.46. The number of carbonyl (C=O) groups excluding carboxylic acids is 1. The Morgan fingerprint density at radius 1 is 1.39 bits per heavy atom. The van der Waals surface area contributed by atoms with Crippen LogP contribution >= 0.6 is 11.8 Å². The number of aliphatic hydroxyl groups is 1. The molecule has 4 nitrogen and oxygen atoms in total. The lowest BCUT2D eigenvalue weighted by Crippen LogP contribution is -2.46. The predicted molar refractivity (Wildman–Crippen MR) is 76.6 cm³/mol. The SMILES string of the molecule is CC(C)(C)C(N)C(CO)SCC(=O)N1CCCC1. The number of amides is 1. The van der Waals surface area contributed by atoms with Crippen molar-refractivity contribution in [1.29, 1.82) is 0 Å². The van der Waals surface area contributed by atoms with E-state index in [1.54, 1.807) is 0 Å². The Morgan fingerprint density at radius 3 is 2.39 bits per heavy atom. The van der Waals surface area contributed by atoms with Crippen LogP contribution in [-0.2, 0) is 4.79 Å². The Morgan fingerprint density at radius 2 is 1.94 bits per heavy atom. The first kappa shape index (κ1) is 15.8. The molecule has 0 saturated carbocycles. The van der Waals surface area contributed by atoms with Gasteiger partial charge in [-0.1, -0.05) is 20.8 Å². The molecular formula is C13H26N2O2S. The highest BCUT2D eigenvalue weighted by Gasteiger charge is 2.30. The quantitative estimate of drug-likeness (QED) is 0.787. The number of thioether (sulfide) groups is 1. The standard InChI is InChI=1S/C13H26N2O2S/c1-13(2,3)12(14)10(8-16)18-9-11(17)15-6-4-5-7-15/h10,12,16H,4-9,14H2,1-3H3. The number of hydrogen-bond donors (Lipinski definition) is 2. The molecule has 106 valence electrons. The van der Waals surface area contributed by atoms with E-state index in [1.807, 2.05) is 4.90 Å². The molecule has 1 amide bonds. The Kier molecular flexibility index (Phi) is 5.95. The summed E-state index contributed by atoms with van der Waals surface area (Å²) in [5.74, 6) is 0.603. The summed E-state index contributed by atoms with van der Waals surface area (Å²) in [6, 6.07) is -0.112. The number of carbonyl (C=O) groups is 1. The van der Waals surface area contributed by atoms with Crippen LogP contribution in [0.5, 0.6) is 0 Å². The van der Waals surface area contributed by atoms with Gasteiger partial charge >= 0.3 is 0 Å². The zero-order chi connectivity index (χ0) is 13.8. The van der Waals surface area contributed by atoms with E-state index in [2.05, 4.69) is 20.8 Å². The second kappa shape index (κ2) is 6.78. The molecule has 0 radical (unpaired) electrons. The minimum Gasteiger partial charge on any atom is -0.395 e. The van der Waals surface area contributed by atoms with Crippen molar-refractivity contribution in [2.45, 2.75) is 44.9 Å². The van der Waals surface area contributed by atoms with Crippen LogP contribution in [0.2, 0.25) is 0 Å². The van der Waals surface area contributed by atoms with Crippen LogP contribution < -0.4 is 5.73 Å². The number of nitrogens with zero attached hydrogens (tertiary/aromatic N) is 1. The molecule has 0 aliphatic carbocycles. The Labute approximate surface area is 114 Å². The molecule has 1 fully saturated rings. The highest BCUT2D eigenvalue weighted by Crippen LogP contribution is 2.27. The van der Waals surface area contributed by atoms with E-state index in [0.29, 0.717) is 5.75 Å². The van der Waals surface area contributed by atoms with Crippen LogP contribution in [0, 0.1) is 5.41 Å². The van der Waals surface area contributed by atoms with Crippen molar-refractivity contribution >= 4 is 17.7 Å². The summed E-state index contributed by atoms with van der Waals surface area (Å²) in [5.41, 5.74) is 6.08. The summed E-state index contributed by atoms with van der Waals surface area (Å²) < 4.78 is 0. The van der Waals surface area contributed by atoms with Crippen LogP contribution in [-0.4, -0.2) is 52.7 Å². The number of rotatable bonds is 5. The summed E-state index contributed by atoms with van der Waals surface area (Å²) >= 11 is 1.49. The van der Waals surface area contributed by atoms with Gasteiger partial charge in [0.25, 0.3) is 0 Å². The Balaban J connectivity index is 2.41. The normalized spacial score (nSPS) is 19.9. The molecule has 1 aliphatic heterocycles. The fraction of sp³-hybridized carbons (Fsp3) is 0.923. The summed E-state index contributed by atoms with van der Waals surface area (Å²) in [7, 11) is 0. The molecule has 1 rings (SSSR count). The van der Waals surface area contributed by atoms with E-state index in [9.17, 15) is 9.90 Å². The van der Waals surface area contributed by atoms with Crippen LogP contribution in [0.15, 0.2) is 0 Å². The second-order valence-electron chi connectivity index (χ2n) is 6.01. The van der Waals surface area contributed by atoms with E-state index < -0.39 is 0 Å². The van der Waals surface area contributed by atoms with Crippen molar-refractivity contribution in [3.05, 3.63) is 0 Å². The molecule has 2 atom stereocenters. The van der Waals surface area contributed by atoms with Gasteiger partial charge in [0.15, 0.2) is 0 Å². The monoisotopic (exact) mass is 274 g/mol. The fourth-order valence-corrected chi connectivity index (χ4v) is 3.32. The first-order valence-corrected chi connectivity index (χ1v) is 7.67. The van der Waals surface area contributed by atoms with E-state index in [1.165, 1.54) is 11.8 Å². The zero-order valence-electron chi connectivity index (χ0n) is 11.7. The number of hydrogen-bond acceptors (Lipinski definition) is 4. The summed E-state index contributed by atoms with van der Waals surface area (Å²) in [5, 5.41) is 9.34. The number of likely N-dealkylation sites (tertiary alicyclic amines) is 1. The van der Waals surface area contributed by atoms with Gasteiger partial charge in [0.05, 0.1) is 12.4 Å². The van der Waals surface area contributed by atoms with Gasteiger partial charge in [-0.25, -0.2) is 0 Å². The molecule has 1 saturated heterocycles. The van der Waals surface area contributed by atoms with Crippen molar-refractivity contribution < 1.29 is 9.90 Å². The highest BCUT2D eigenvalue weighted by molar-refractivity contribution is 8.00. The van der Waals surface area contributed by atoms with Crippen molar-refractivity contribution in [1.82, 2.24) is 4.90 Å². The van der Waals surface area contributed by atoms with Crippen LogP contribution in [0.25, 0.3) is 0 Å². The first-order chi connectivity index (χ1) is 8.36. The molecule has 0 bridgehead atoms. The predicted octanol–water partition coefficient (Wildman–Crippen LogP) is 1.08. The van der Waals surface area contributed by atoms with E-state index in [0.717, 1.165) is 25.9 Å². The lowest BCUT2D eigenvalue weighted by atomic mass is 9.85. The summed E-state index contributed by atoms with van der Waals surface area (Å²) in [4.78, 5) is 13.8. The average Bonchev–Trinajstić information content (AvgIpc) is 2.81. The van der Waals surface area contributed by atoms with E-state index >= 15 is 0 Å². The van der Waals surface area contributed by atoms with Crippen LogP contribution in [0.3, 0.4) is 0 Å². The van der Waals surface area contributed by atoms with Gasteiger partial charge in [-0.3, -0.25) is 4.79 Å². The fourth-order valence-electron chi connectivity index (χ4n) is 2.06. The molecule has 0 aromatic heterocycles. The molecule has 0 aromatic rings. The third-order valence-corrected chi connectivity index (χ3v) is 4.74. The van der Waals surface area contributed by atoms with Gasteiger partial charge in [0, 0.05) is 24.4 Å². The highest BCUT2D eigenvalue weighted by atomic mass is 32.2. The van der Waals surface area contributed by atoms with E-state index in [-0.39, 0.29) is 29.2 Å². The Hall–Kier alpha value is -0.260. The first-order valence-electron chi connectivity index (χ1n) is 6.62. The molecule has 2 unspecified atom stereocenters. The third kappa shape index (κ3) is 4.44. The van der Waals surface area contributed by atoms with Gasteiger partial charge in [0.1, 0.15) is 0 Å². The lowest BCUT2D eigenvalue weighted by molar-refractivity contribution is -0.127. The average molecular weight is 274 g/mol. The molecule has 1 heterocycles. The summed E-state index contributed by atoms with van der Waals surface area (Å²) in [6.45, 7) is 7.97. The Bertz CT molecular complexity index is 273. The minimum atomic E-state index is -0.112. The van der Waals surface area contributed by atoms with Crippen LogP contribution in [0.4, 0.5) is 0 Å². The van der Waals surface area contributed by atoms with Crippen molar-refractivity contribution in [2.75, 3.05) is 25.4 Å². The maximum absolute atomic E-state index is 11.9. The molecule has 0 aromatic carbocycles. The maximum atomic E-state index is 11.9. The molecule has 0 spiro atoms. The molecule has 1 aliphatic rings. The van der Waals surface area contributed by atoms with Crippen LogP contribution in [0.1, 0.15) is 33.6 Å². The van der Waals surface area contributed by atoms with Crippen molar-refractivity contribution in [3.63, 3.8) is 0 Å². The van der Waals surface area contributed by atoms with Crippen molar-refractivity contribution in [3.8, 4) is 0 Å². The van der Waals surface area contributed by atoms with E-state index in [4.69, 9.17) is 5.73 Å². The van der Waals surface area contributed by atoms with Gasteiger partial charge in [0.2, 0.25) is 5.91 Å². The van der Waals surface area contributed by atoms with Gasteiger partial charge in [-0.2, -0.15) is 0 Å². The van der Waals surface area contributed by atoms with Gasteiger partial charge < -0.3 is 15.7 Å². The summed E-state index contributed by atoms with van der Waals surface area (Å²) in [6.07, 6.45) is 2.22. The minimum absolute atomic E-state index is 0.0242. The van der Waals surface area contributed by atoms with Crippen molar-refractivity contribution in [2.24, 2.45) is 11.1 Å².